The van der Waals surface area contributed by atoms with Crippen LogP contribution in [0, 0.1) is 0 Å². The highest BCUT2D eigenvalue weighted by atomic mass is 35.5. The molecular formula is C24H26ClNO5. The lowest BCUT2D eigenvalue weighted by molar-refractivity contribution is 0.0673. The van der Waals surface area contributed by atoms with Crippen LogP contribution in [0.1, 0.15) is 24.0 Å². The van der Waals surface area contributed by atoms with Crippen molar-refractivity contribution in [2.75, 3.05) is 27.4 Å². The molecule has 4 rings (SSSR count). The van der Waals surface area contributed by atoms with Crippen molar-refractivity contribution < 1.29 is 18.6 Å². The summed E-state index contributed by atoms with van der Waals surface area (Å²) in [7, 11) is 3.29. The highest BCUT2D eigenvalue weighted by Crippen LogP contribution is 2.27. The highest BCUT2D eigenvalue weighted by molar-refractivity contribution is 6.31. The van der Waals surface area contributed by atoms with Gasteiger partial charge in [0.15, 0.2) is 5.43 Å². The minimum atomic E-state index is -0.0707. The molecule has 2 aromatic carbocycles. The molecule has 0 saturated carbocycles. The lowest BCUT2D eigenvalue weighted by Gasteiger charge is -2.26. The SMILES string of the molecule is COc1ccc(OC)c(CN(Cc2coc3ccc(Cl)cc3c2=O)CC2CCCO2)c1. The van der Waals surface area contributed by atoms with Crippen molar-refractivity contribution in [1.82, 2.24) is 4.90 Å². The van der Waals surface area contributed by atoms with Crippen LogP contribution in [-0.2, 0) is 17.8 Å². The fraction of sp³-hybridized carbons (Fsp3) is 0.375. The van der Waals surface area contributed by atoms with Crippen LogP contribution in [0.4, 0.5) is 0 Å². The number of benzene rings is 2. The van der Waals surface area contributed by atoms with Crippen molar-refractivity contribution in [1.29, 1.82) is 0 Å². The van der Waals surface area contributed by atoms with Crippen molar-refractivity contribution in [3.8, 4) is 11.5 Å². The first kappa shape index (κ1) is 21.7. The standard InChI is InChI=1S/C24H26ClNO5/c1-28-19-6-8-22(29-2)16(10-19)12-26(14-20-4-3-9-30-20)13-17-15-31-23-7-5-18(25)11-21(23)24(17)27/h5-8,10-11,15,20H,3-4,9,12-14H2,1-2H3. The first-order valence-corrected chi connectivity index (χ1v) is 10.7. The van der Waals surface area contributed by atoms with Gasteiger partial charge in [-0.2, -0.15) is 0 Å². The third-order valence-electron chi connectivity index (χ3n) is 5.57. The largest absolute Gasteiger partial charge is 0.497 e. The number of hydrogen-bond acceptors (Lipinski definition) is 6. The minimum absolute atomic E-state index is 0.0707. The lowest BCUT2D eigenvalue weighted by Crippen LogP contribution is -2.33. The fourth-order valence-corrected chi connectivity index (χ4v) is 4.17. The Balaban J connectivity index is 1.65. The van der Waals surface area contributed by atoms with Gasteiger partial charge in [-0.25, -0.2) is 0 Å². The fourth-order valence-electron chi connectivity index (χ4n) is 4.00. The molecule has 0 aliphatic carbocycles. The molecule has 1 fully saturated rings. The minimum Gasteiger partial charge on any atom is -0.497 e. The molecule has 6 nitrogen and oxygen atoms in total. The summed E-state index contributed by atoms with van der Waals surface area (Å²) in [5.74, 6) is 1.53. The molecule has 164 valence electrons. The van der Waals surface area contributed by atoms with Gasteiger partial charge in [-0.05, 0) is 49.2 Å². The Morgan fingerprint density at radius 3 is 2.68 bits per heavy atom. The van der Waals surface area contributed by atoms with Crippen molar-refractivity contribution in [2.45, 2.75) is 32.0 Å². The van der Waals surface area contributed by atoms with E-state index in [0.717, 1.165) is 36.5 Å². The van der Waals surface area contributed by atoms with E-state index < -0.39 is 0 Å². The molecule has 0 spiro atoms. The van der Waals surface area contributed by atoms with Crippen LogP contribution in [0.2, 0.25) is 5.02 Å². The van der Waals surface area contributed by atoms with Crippen LogP contribution in [-0.4, -0.2) is 38.4 Å². The van der Waals surface area contributed by atoms with Crippen molar-refractivity contribution in [3.05, 3.63) is 69.0 Å². The molecule has 0 N–H and O–H groups in total. The molecule has 7 heteroatoms. The summed E-state index contributed by atoms with van der Waals surface area (Å²) in [5.41, 5.74) is 2.01. The predicted molar refractivity (Wildman–Crippen MR) is 120 cm³/mol. The summed E-state index contributed by atoms with van der Waals surface area (Å²) < 4.78 is 22.5. The van der Waals surface area contributed by atoms with Crippen LogP contribution in [0.3, 0.4) is 0 Å². The first-order valence-electron chi connectivity index (χ1n) is 10.3. The number of hydrogen-bond donors (Lipinski definition) is 0. The molecule has 1 atom stereocenters. The third-order valence-corrected chi connectivity index (χ3v) is 5.80. The van der Waals surface area contributed by atoms with E-state index >= 15 is 0 Å². The van der Waals surface area contributed by atoms with Crippen LogP contribution >= 0.6 is 11.6 Å². The summed E-state index contributed by atoms with van der Waals surface area (Å²) in [6.45, 7) is 2.48. The molecule has 3 aromatic rings. The molecule has 0 amide bonds. The van der Waals surface area contributed by atoms with E-state index in [-0.39, 0.29) is 11.5 Å². The van der Waals surface area contributed by atoms with Crippen LogP contribution in [0.25, 0.3) is 11.0 Å². The van der Waals surface area contributed by atoms with E-state index in [9.17, 15) is 4.79 Å². The average Bonchev–Trinajstić information content (AvgIpc) is 3.29. The van der Waals surface area contributed by atoms with E-state index in [0.29, 0.717) is 41.2 Å². The number of rotatable bonds is 8. The van der Waals surface area contributed by atoms with Crippen molar-refractivity contribution >= 4 is 22.6 Å². The number of ether oxygens (including phenoxy) is 3. The van der Waals surface area contributed by atoms with Crippen LogP contribution in [0.5, 0.6) is 11.5 Å². The smallest absolute Gasteiger partial charge is 0.197 e. The second-order valence-electron chi connectivity index (χ2n) is 7.71. The Hall–Kier alpha value is -2.54. The van der Waals surface area contributed by atoms with Crippen LogP contribution in [0.15, 0.2) is 51.9 Å². The van der Waals surface area contributed by atoms with E-state index in [1.807, 2.05) is 18.2 Å². The normalized spacial score (nSPS) is 16.2. The molecule has 0 bridgehead atoms. The Morgan fingerprint density at radius 1 is 1.10 bits per heavy atom. The molecule has 2 heterocycles. The van der Waals surface area contributed by atoms with Gasteiger partial charge in [0.05, 0.1) is 32.0 Å². The van der Waals surface area contributed by atoms with Gasteiger partial charge in [-0.1, -0.05) is 11.6 Å². The molecule has 1 saturated heterocycles. The monoisotopic (exact) mass is 443 g/mol. The van der Waals surface area contributed by atoms with E-state index in [4.69, 9.17) is 30.2 Å². The molecule has 1 unspecified atom stereocenters. The van der Waals surface area contributed by atoms with Gasteiger partial charge < -0.3 is 18.6 Å². The average molecular weight is 444 g/mol. The molecule has 1 aliphatic rings. The summed E-state index contributed by atoms with van der Waals surface area (Å²) in [6.07, 6.45) is 3.74. The van der Waals surface area contributed by atoms with Gasteiger partial charge in [0, 0.05) is 42.4 Å². The Labute approximate surface area is 186 Å². The highest BCUT2D eigenvalue weighted by Gasteiger charge is 2.22. The van der Waals surface area contributed by atoms with Crippen molar-refractivity contribution in [2.24, 2.45) is 0 Å². The van der Waals surface area contributed by atoms with Gasteiger partial charge in [-0.3, -0.25) is 9.69 Å². The van der Waals surface area contributed by atoms with Crippen LogP contribution < -0.4 is 14.9 Å². The predicted octanol–water partition coefficient (Wildman–Crippen LogP) is 4.64. The number of halogens is 1. The quantitative estimate of drug-likeness (QED) is 0.505. The van der Waals surface area contributed by atoms with Gasteiger partial charge in [0.1, 0.15) is 17.1 Å². The summed E-state index contributed by atoms with van der Waals surface area (Å²) in [6, 6.07) is 10.8. The van der Waals surface area contributed by atoms with Gasteiger partial charge in [-0.15, -0.1) is 0 Å². The van der Waals surface area contributed by atoms with E-state index in [2.05, 4.69) is 4.90 Å². The summed E-state index contributed by atoms with van der Waals surface area (Å²) in [5, 5.41) is 0.996. The second-order valence-corrected chi connectivity index (χ2v) is 8.15. The van der Waals surface area contributed by atoms with E-state index in [1.54, 1.807) is 38.7 Å². The maximum atomic E-state index is 13.1. The zero-order valence-electron chi connectivity index (χ0n) is 17.7. The van der Waals surface area contributed by atoms with E-state index in [1.165, 1.54) is 0 Å². The zero-order chi connectivity index (χ0) is 21.8. The molecule has 31 heavy (non-hydrogen) atoms. The summed E-state index contributed by atoms with van der Waals surface area (Å²) >= 11 is 6.10. The summed E-state index contributed by atoms with van der Waals surface area (Å²) in [4.78, 5) is 15.3. The maximum Gasteiger partial charge on any atom is 0.197 e. The molecular weight excluding hydrogens is 418 g/mol. The zero-order valence-corrected chi connectivity index (χ0v) is 18.5. The topological polar surface area (TPSA) is 61.1 Å². The molecule has 1 aliphatic heterocycles. The van der Waals surface area contributed by atoms with Crippen molar-refractivity contribution in [3.63, 3.8) is 0 Å². The number of nitrogens with zero attached hydrogens (tertiary/aromatic N) is 1. The molecule has 1 aromatic heterocycles. The Kier molecular flexibility index (Phi) is 6.80. The third kappa shape index (κ3) is 5.03. The first-order chi connectivity index (χ1) is 15.1. The number of fused-ring (bicyclic) bond motifs is 1. The number of methoxy groups -OCH3 is 2. The van der Waals surface area contributed by atoms with Gasteiger partial charge in [0.2, 0.25) is 0 Å². The Morgan fingerprint density at radius 2 is 1.94 bits per heavy atom. The van der Waals surface area contributed by atoms with Gasteiger partial charge >= 0.3 is 0 Å². The molecule has 0 radical (unpaired) electrons. The van der Waals surface area contributed by atoms with Gasteiger partial charge in [0.25, 0.3) is 0 Å². The Bertz CT molecular complexity index is 1110. The lowest BCUT2D eigenvalue weighted by atomic mass is 10.1. The second kappa shape index (κ2) is 9.73. The maximum absolute atomic E-state index is 13.1.